The van der Waals surface area contributed by atoms with Gasteiger partial charge in [0.05, 0.1) is 17.5 Å². The standard InChI is InChI=1S/C19H23FN2O3S/c1-25-12-9-15-5-7-18(8-6-15)26(23,24)22-11-10-21-14-19(22)16-3-2-4-17(20)13-16/h2-8,13,19,21H,9-12,14H2,1H3. The summed E-state index contributed by atoms with van der Waals surface area (Å²) in [5.41, 5.74) is 1.67. The Kier molecular flexibility index (Phi) is 6.03. The summed E-state index contributed by atoms with van der Waals surface area (Å²) in [4.78, 5) is 0.252. The van der Waals surface area contributed by atoms with Crippen molar-refractivity contribution in [1.82, 2.24) is 9.62 Å². The highest BCUT2D eigenvalue weighted by Crippen LogP contribution is 2.29. The molecule has 1 atom stereocenters. The van der Waals surface area contributed by atoms with Crippen molar-refractivity contribution in [2.45, 2.75) is 17.4 Å². The number of nitrogens with zero attached hydrogens (tertiary/aromatic N) is 1. The van der Waals surface area contributed by atoms with Crippen molar-refractivity contribution in [2.24, 2.45) is 0 Å². The molecule has 7 heteroatoms. The summed E-state index contributed by atoms with van der Waals surface area (Å²) in [6.45, 7) is 1.95. The van der Waals surface area contributed by atoms with E-state index in [4.69, 9.17) is 4.74 Å². The van der Waals surface area contributed by atoms with E-state index in [1.165, 1.54) is 16.4 Å². The molecule has 1 aliphatic heterocycles. The maximum Gasteiger partial charge on any atom is 0.243 e. The summed E-state index contributed by atoms with van der Waals surface area (Å²) in [7, 11) is -2.04. The van der Waals surface area contributed by atoms with E-state index < -0.39 is 16.1 Å². The molecule has 5 nitrogen and oxygen atoms in total. The largest absolute Gasteiger partial charge is 0.384 e. The number of hydrogen-bond acceptors (Lipinski definition) is 4. The minimum atomic E-state index is -3.67. The number of benzene rings is 2. The first-order chi connectivity index (χ1) is 12.5. The van der Waals surface area contributed by atoms with Crippen LogP contribution in [0.1, 0.15) is 17.2 Å². The summed E-state index contributed by atoms with van der Waals surface area (Å²) in [6.07, 6.45) is 0.733. The number of piperazine rings is 1. The smallest absolute Gasteiger partial charge is 0.243 e. The molecule has 1 heterocycles. The average Bonchev–Trinajstić information content (AvgIpc) is 2.66. The van der Waals surface area contributed by atoms with E-state index in [-0.39, 0.29) is 10.7 Å². The van der Waals surface area contributed by atoms with E-state index >= 15 is 0 Å². The zero-order valence-electron chi connectivity index (χ0n) is 14.7. The third-order valence-corrected chi connectivity index (χ3v) is 6.47. The molecule has 26 heavy (non-hydrogen) atoms. The second-order valence-electron chi connectivity index (χ2n) is 6.28. The summed E-state index contributed by atoms with van der Waals surface area (Å²) < 4.78 is 46.4. The maximum absolute atomic E-state index is 13.6. The maximum atomic E-state index is 13.6. The first-order valence-electron chi connectivity index (χ1n) is 8.58. The molecule has 1 saturated heterocycles. The fourth-order valence-corrected chi connectivity index (χ4v) is 4.77. The minimum absolute atomic E-state index is 0.252. The summed E-state index contributed by atoms with van der Waals surface area (Å²) in [5.74, 6) is -0.368. The third-order valence-electron chi connectivity index (χ3n) is 4.55. The molecule has 3 rings (SSSR count). The van der Waals surface area contributed by atoms with Crippen molar-refractivity contribution in [3.63, 3.8) is 0 Å². The lowest BCUT2D eigenvalue weighted by atomic mass is 10.1. The molecule has 0 bridgehead atoms. The Morgan fingerprint density at radius 2 is 2.00 bits per heavy atom. The number of nitrogens with one attached hydrogen (secondary N) is 1. The Bertz CT molecular complexity index is 840. The van der Waals surface area contributed by atoms with Gasteiger partial charge in [0.2, 0.25) is 10.0 Å². The summed E-state index contributed by atoms with van der Waals surface area (Å²) in [5, 5.41) is 3.20. The second-order valence-corrected chi connectivity index (χ2v) is 8.17. The quantitative estimate of drug-likeness (QED) is 0.838. The van der Waals surface area contributed by atoms with Gasteiger partial charge in [0.15, 0.2) is 0 Å². The van der Waals surface area contributed by atoms with Gasteiger partial charge in [-0.15, -0.1) is 0 Å². The van der Waals surface area contributed by atoms with E-state index in [1.807, 2.05) is 12.1 Å². The number of sulfonamides is 1. The van der Waals surface area contributed by atoms with Gasteiger partial charge in [0, 0.05) is 26.7 Å². The first kappa shape index (κ1) is 19.0. The predicted octanol–water partition coefficient (Wildman–Crippen LogP) is 2.35. The summed E-state index contributed by atoms with van der Waals surface area (Å²) >= 11 is 0. The number of ether oxygens (including phenoxy) is 1. The van der Waals surface area contributed by atoms with Crippen molar-refractivity contribution in [2.75, 3.05) is 33.4 Å². The molecule has 0 amide bonds. The zero-order chi connectivity index (χ0) is 18.6. The van der Waals surface area contributed by atoms with Gasteiger partial charge in [-0.3, -0.25) is 0 Å². The SMILES string of the molecule is COCCc1ccc(S(=O)(=O)N2CCNCC2c2cccc(F)c2)cc1. The number of methoxy groups -OCH3 is 1. The molecule has 0 aromatic heterocycles. The van der Waals surface area contributed by atoms with Gasteiger partial charge in [0.1, 0.15) is 5.82 Å². The Morgan fingerprint density at radius 3 is 2.69 bits per heavy atom. The van der Waals surface area contributed by atoms with Crippen molar-refractivity contribution < 1.29 is 17.5 Å². The highest BCUT2D eigenvalue weighted by molar-refractivity contribution is 7.89. The normalized spacial score (nSPS) is 18.8. The lowest BCUT2D eigenvalue weighted by molar-refractivity contribution is 0.202. The number of halogens is 1. The van der Waals surface area contributed by atoms with Crippen molar-refractivity contribution in [3.8, 4) is 0 Å². The second kappa shape index (κ2) is 8.26. The Balaban J connectivity index is 1.88. The molecular weight excluding hydrogens is 355 g/mol. The molecule has 0 spiro atoms. The monoisotopic (exact) mass is 378 g/mol. The molecule has 1 fully saturated rings. The number of hydrogen-bond donors (Lipinski definition) is 1. The fourth-order valence-electron chi connectivity index (χ4n) is 3.15. The van der Waals surface area contributed by atoms with Crippen LogP contribution < -0.4 is 5.32 Å². The summed E-state index contributed by atoms with van der Waals surface area (Å²) in [6, 6.07) is 12.6. The molecule has 1 N–H and O–H groups in total. The van der Waals surface area contributed by atoms with Crippen LogP contribution in [-0.4, -0.2) is 46.1 Å². The first-order valence-corrected chi connectivity index (χ1v) is 10.0. The zero-order valence-corrected chi connectivity index (χ0v) is 15.5. The van der Waals surface area contributed by atoms with Gasteiger partial charge in [-0.25, -0.2) is 12.8 Å². The van der Waals surface area contributed by atoms with Crippen LogP contribution in [0, 0.1) is 5.82 Å². The van der Waals surface area contributed by atoms with Gasteiger partial charge in [-0.1, -0.05) is 24.3 Å². The van der Waals surface area contributed by atoms with Crippen LogP contribution in [0.25, 0.3) is 0 Å². The molecule has 0 radical (unpaired) electrons. The van der Waals surface area contributed by atoms with E-state index in [2.05, 4.69) is 5.32 Å². The van der Waals surface area contributed by atoms with Crippen molar-refractivity contribution >= 4 is 10.0 Å². The average molecular weight is 378 g/mol. The van der Waals surface area contributed by atoms with Crippen LogP contribution in [-0.2, 0) is 21.2 Å². The predicted molar refractivity (Wildman–Crippen MR) is 97.9 cm³/mol. The molecule has 2 aromatic rings. The third kappa shape index (κ3) is 4.12. The van der Waals surface area contributed by atoms with E-state index in [0.717, 1.165) is 12.0 Å². The van der Waals surface area contributed by atoms with E-state index in [0.29, 0.717) is 31.8 Å². The van der Waals surface area contributed by atoms with Gasteiger partial charge < -0.3 is 10.1 Å². The Hall–Kier alpha value is -1.80. The van der Waals surface area contributed by atoms with E-state index in [9.17, 15) is 12.8 Å². The highest BCUT2D eigenvalue weighted by atomic mass is 32.2. The van der Waals surface area contributed by atoms with Crippen LogP contribution in [0.15, 0.2) is 53.4 Å². The lowest BCUT2D eigenvalue weighted by Crippen LogP contribution is -2.48. The molecule has 0 saturated carbocycles. The van der Waals surface area contributed by atoms with Gasteiger partial charge >= 0.3 is 0 Å². The topological polar surface area (TPSA) is 58.6 Å². The van der Waals surface area contributed by atoms with Gasteiger partial charge in [-0.05, 0) is 41.8 Å². The molecule has 1 aliphatic rings. The van der Waals surface area contributed by atoms with Crippen LogP contribution in [0.5, 0.6) is 0 Å². The fraction of sp³-hybridized carbons (Fsp3) is 0.368. The van der Waals surface area contributed by atoms with Crippen LogP contribution in [0.3, 0.4) is 0 Å². The van der Waals surface area contributed by atoms with Gasteiger partial charge in [0.25, 0.3) is 0 Å². The molecule has 140 valence electrons. The van der Waals surface area contributed by atoms with Gasteiger partial charge in [-0.2, -0.15) is 4.31 Å². The molecule has 2 aromatic carbocycles. The minimum Gasteiger partial charge on any atom is -0.384 e. The lowest BCUT2D eigenvalue weighted by Gasteiger charge is -2.35. The van der Waals surface area contributed by atoms with Crippen LogP contribution in [0.4, 0.5) is 4.39 Å². The van der Waals surface area contributed by atoms with Crippen LogP contribution in [0.2, 0.25) is 0 Å². The number of rotatable bonds is 6. The molecule has 1 unspecified atom stereocenters. The Labute approximate surface area is 153 Å². The van der Waals surface area contributed by atoms with E-state index in [1.54, 1.807) is 31.4 Å². The van der Waals surface area contributed by atoms with Crippen molar-refractivity contribution in [3.05, 3.63) is 65.5 Å². The molecular formula is C19H23FN2O3S. The molecule has 0 aliphatic carbocycles. The van der Waals surface area contributed by atoms with Crippen molar-refractivity contribution in [1.29, 1.82) is 0 Å². The van der Waals surface area contributed by atoms with Crippen LogP contribution >= 0.6 is 0 Å². The Morgan fingerprint density at radius 1 is 1.23 bits per heavy atom. The highest BCUT2D eigenvalue weighted by Gasteiger charge is 2.34.